The van der Waals surface area contributed by atoms with E-state index in [1.54, 1.807) is 0 Å². The van der Waals surface area contributed by atoms with Gasteiger partial charge in [-0.3, -0.25) is 4.79 Å². The summed E-state index contributed by atoms with van der Waals surface area (Å²) < 4.78 is 6.48. The van der Waals surface area contributed by atoms with Crippen molar-refractivity contribution in [3.63, 3.8) is 0 Å². The summed E-state index contributed by atoms with van der Waals surface area (Å²) in [5, 5.41) is 12.5. The number of amides is 1. The first-order chi connectivity index (χ1) is 12.8. The van der Waals surface area contributed by atoms with Crippen LogP contribution in [0.4, 0.5) is 5.13 Å². The summed E-state index contributed by atoms with van der Waals surface area (Å²) in [6.07, 6.45) is 10.1. The molecule has 4 rings (SSSR count). The van der Waals surface area contributed by atoms with Crippen LogP contribution in [0.15, 0.2) is 4.34 Å². The number of carbonyl (C=O) groups excluding carboxylic acids is 1. The molecule has 3 fully saturated rings. The summed E-state index contributed by atoms with van der Waals surface area (Å²) in [5.74, 6) is 1.49. The smallest absolute Gasteiger partial charge is 0.233 e. The van der Waals surface area contributed by atoms with Gasteiger partial charge in [0.05, 0.1) is 11.9 Å². The van der Waals surface area contributed by atoms with Crippen molar-refractivity contribution in [3.05, 3.63) is 0 Å². The molecular formula is C18H28N4O2S2. The van der Waals surface area contributed by atoms with Crippen LogP contribution >= 0.6 is 23.1 Å². The Bertz CT molecular complexity index is 604. The standard InChI is InChI=1S/C18H28N4O2S2/c23-16(22-9-3-6-13-5-1-2-8-15(13)22)12-25-18-21-20-17(26-18)19-11-14-7-4-10-24-14/h13-15H,1-12H2,(H,19,20). The molecule has 144 valence electrons. The molecule has 2 saturated heterocycles. The Morgan fingerprint density at radius 3 is 2.96 bits per heavy atom. The molecule has 3 heterocycles. The first-order valence-corrected chi connectivity index (χ1v) is 11.7. The predicted molar refractivity (Wildman–Crippen MR) is 105 cm³/mol. The van der Waals surface area contributed by atoms with Crippen molar-refractivity contribution in [1.82, 2.24) is 15.1 Å². The van der Waals surface area contributed by atoms with Crippen molar-refractivity contribution in [2.75, 3.05) is 30.8 Å². The van der Waals surface area contributed by atoms with Gasteiger partial charge in [-0.2, -0.15) is 0 Å². The number of rotatable bonds is 6. The van der Waals surface area contributed by atoms with E-state index < -0.39 is 0 Å². The number of carbonyl (C=O) groups is 1. The lowest BCUT2D eigenvalue weighted by Gasteiger charge is -2.44. The highest BCUT2D eigenvalue weighted by Crippen LogP contribution is 2.36. The Morgan fingerprint density at radius 1 is 1.19 bits per heavy atom. The fourth-order valence-electron chi connectivity index (χ4n) is 4.49. The zero-order valence-electron chi connectivity index (χ0n) is 15.2. The molecule has 0 aromatic carbocycles. The summed E-state index contributed by atoms with van der Waals surface area (Å²) in [6, 6.07) is 0.489. The van der Waals surface area contributed by atoms with Crippen LogP contribution in [-0.4, -0.2) is 58.6 Å². The fourth-order valence-corrected chi connectivity index (χ4v) is 6.13. The van der Waals surface area contributed by atoms with Gasteiger partial charge in [0.25, 0.3) is 0 Å². The van der Waals surface area contributed by atoms with Crippen molar-refractivity contribution in [1.29, 1.82) is 0 Å². The number of ether oxygens (including phenoxy) is 1. The Hall–Kier alpha value is -0.860. The van der Waals surface area contributed by atoms with Crippen LogP contribution in [0.2, 0.25) is 0 Å². The number of fused-ring (bicyclic) bond motifs is 1. The SMILES string of the molecule is O=C(CSc1nnc(NCC2CCCO2)s1)N1CCCC2CCCCC21. The van der Waals surface area contributed by atoms with Crippen LogP contribution in [0.3, 0.4) is 0 Å². The third-order valence-electron chi connectivity index (χ3n) is 5.79. The summed E-state index contributed by atoms with van der Waals surface area (Å²) >= 11 is 3.05. The molecule has 0 spiro atoms. The van der Waals surface area contributed by atoms with E-state index in [4.69, 9.17) is 4.74 Å². The van der Waals surface area contributed by atoms with Gasteiger partial charge in [0.15, 0.2) is 4.34 Å². The number of aromatic nitrogens is 2. The van der Waals surface area contributed by atoms with E-state index in [2.05, 4.69) is 20.4 Å². The van der Waals surface area contributed by atoms with E-state index in [0.29, 0.717) is 17.9 Å². The third kappa shape index (κ3) is 4.51. The van der Waals surface area contributed by atoms with Gasteiger partial charge in [0.2, 0.25) is 11.0 Å². The molecule has 1 amide bonds. The van der Waals surface area contributed by atoms with Gasteiger partial charge in [-0.05, 0) is 44.4 Å². The quantitative estimate of drug-likeness (QED) is 0.744. The zero-order valence-corrected chi connectivity index (χ0v) is 16.8. The second-order valence-electron chi connectivity index (χ2n) is 7.52. The largest absolute Gasteiger partial charge is 0.376 e. The Morgan fingerprint density at radius 2 is 2.08 bits per heavy atom. The average Bonchev–Trinajstić information content (AvgIpc) is 3.35. The van der Waals surface area contributed by atoms with Crippen molar-refractivity contribution in [2.24, 2.45) is 5.92 Å². The van der Waals surface area contributed by atoms with Crippen molar-refractivity contribution < 1.29 is 9.53 Å². The number of nitrogens with one attached hydrogen (secondary N) is 1. The van der Waals surface area contributed by atoms with Crippen molar-refractivity contribution >= 4 is 34.1 Å². The van der Waals surface area contributed by atoms with Gasteiger partial charge in [0, 0.05) is 25.7 Å². The molecule has 2 aliphatic heterocycles. The minimum Gasteiger partial charge on any atom is -0.376 e. The normalized spacial score (nSPS) is 28.8. The molecular weight excluding hydrogens is 368 g/mol. The predicted octanol–water partition coefficient (Wildman–Crippen LogP) is 3.40. The van der Waals surface area contributed by atoms with Gasteiger partial charge in [0.1, 0.15) is 0 Å². The second-order valence-corrected chi connectivity index (χ2v) is 9.72. The lowest BCUT2D eigenvalue weighted by molar-refractivity contribution is -0.134. The summed E-state index contributed by atoms with van der Waals surface area (Å²) in [4.78, 5) is 14.9. The van der Waals surface area contributed by atoms with E-state index in [1.807, 2.05) is 0 Å². The number of thioether (sulfide) groups is 1. The molecule has 26 heavy (non-hydrogen) atoms. The maximum atomic E-state index is 12.8. The highest BCUT2D eigenvalue weighted by molar-refractivity contribution is 8.01. The maximum Gasteiger partial charge on any atom is 0.233 e. The maximum absolute atomic E-state index is 12.8. The second kappa shape index (κ2) is 8.89. The monoisotopic (exact) mass is 396 g/mol. The molecule has 6 nitrogen and oxygen atoms in total. The van der Waals surface area contributed by atoms with E-state index in [0.717, 1.165) is 54.3 Å². The molecule has 0 radical (unpaired) electrons. The summed E-state index contributed by atoms with van der Waals surface area (Å²) in [7, 11) is 0. The lowest BCUT2D eigenvalue weighted by Crippen LogP contribution is -2.50. The molecule has 3 aliphatic rings. The average molecular weight is 397 g/mol. The minimum absolute atomic E-state index is 0.274. The number of hydrogen-bond acceptors (Lipinski definition) is 7. The molecule has 1 aliphatic carbocycles. The van der Waals surface area contributed by atoms with E-state index in [1.165, 1.54) is 55.2 Å². The molecule has 0 bridgehead atoms. The molecule has 3 atom stereocenters. The number of hydrogen-bond donors (Lipinski definition) is 1. The first kappa shape index (κ1) is 18.5. The zero-order chi connectivity index (χ0) is 17.8. The minimum atomic E-state index is 0.274. The van der Waals surface area contributed by atoms with Gasteiger partial charge in [-0.15, -0.1) is 10.2 Å². The van der Waals surface area contributed by atoms with Crippen molar-refractivity contribution in [3.8, 4) is 0 Å². The molecule has 1 N–H and O–H groups in total. The van der Waals surface area contributed by atoms with Crippen LogP contribution < -0.4 is 5.32 Å². The Kier molecular flexibility index (Phi) is 6.32. The number of anilines is 1. The number of piperidine rings is 1. The third-order valence-corrected chi connectivity index (χ3v) is 7.79. The topological polar surface area (TPSA) is 67.3 Å². The van der Waals surface area contributed by atoms with Crippen LogP contribution in [0, 0.1) is 5.92 Å². The van der Waals surface area contributed by atoms with E-state index >= 15 is 0 Å². The first-order valence-electron chi connectivity index (χ1n) is 9.91. The highest BCUT2D eigenvalue weighted by atomic mass is 32.2. The lowest BCUT2D eigenvalue weighted by atomic mass is 9.78. The molecule has 1 aromatic rings. The van der Waals surface area contributed by atoms with Crippen molar-refractivity contribution in [2.45, 2.75) is 67.9 Å². The number of nitrogens with zero attached hydrogens (tertiary/aromatic N) is 3. The van der Waals surface area contributed by atoms with Crippen LogP contribution in [0.1, 0.15) is 51.4 Å². The molecule has 8 heteroatoms. The van der Waals surface area contributed by atoms with Gasteiger partial charge in [-0.25, -0.2) is 0 Å². The Balaban J connectivity index is 1.25. The van der Waals surface area contributed by atoms with Gasteiger partial charge < -0.3 is 15.0 Å². The summed E-state index contributed by atoms with van der Waals surface area (Å²) in [5.41, 5.74) is 0. The highest BCUT2D eigenvalue weighted by Gasteiger charge is 2.35. The summed E-state index contributed by atoms with van der Waals surface area (Å²) in [6.45, 7) is 2.59. The van der Waals surface area contributed by atoms with E-state index in [-0.39, 0.29) is 5.91 Å². The Labute approximate surface area is 163 Å². The molecule has 1 aromatic heterocycles. The van der Waals surface area contributed by atoms with Gasteiger partial charge >= 0.3 is 0 Å². The van der Waals surface area contributed by atoms with E-state index in [9.17, 15) is 4.79 Å². The van der Waals surface area contributed by atoms with Crippen LogP contribution in [0.25, 0.3) is 0 Å². The van der Waals surface area contributed by atoms with Gasteiger partial charge in [-0.1, -0.05) is 35.9 Å². The molecule has 3 unspecified atom stereocenters. The molecule has 1 saturated carbocycles. The fraction of sp³-hybridized carbons (Fsp3) is 0.833. The number of likely N-dealkylation sites (tertiary alicyclic amines) is 1. The van der Waals surface area contributed by atoms with Crippen LogP contribution in [0.5, 0.6) is 0 Å². The van der Waals surface area contributed by atoms with Crippen LogP contribution in [-0.2, 0) is 9.53 Å².